The third-order valence-electron chi connectivity index (χ3n) is 2.73. The molecule has 0 bridgehead atoms. The number of likely N-dealkylation sites (tertiary alicyclic amines) is 1. The van der Waals surface area contributed by atoms with Crippen molar-refractivity contribution in [2.75, 3.05) is 13.1 Å². The van der Waals surface area contributed by atoms with Crippen LogP contribution in [0.3, 0.4) is 0 Å². The first kappa shape index (κ1) is 12.5. The number of halogens is 3. The summed E-state index contributed by atoms with van der Waals surface area (Å²) in [6, 6.07) is -0.160. The summed E-state index contributed by atoms with van der Waals surface area (Å²) in [5.41, 5.74) is 0. The third kappa shape index (κ3) is 4.64. The van der Waals surface area contributed by atoms with Crippen LogP contribution >= 0.6 is 0 Å². The molecule has 15 heavy (non-hydrogen) atoms. The van der Waals surface area contributed by atoms with Gasteiger partial charge in [-0.3, -0.25) is 4.90 Å². The number of carbonyl (C=O) groups excluding carboxylic acids is 1. The van der Waals surface area contributed by atoms with Gasteiger partial charge in [0.15, 0.2) is 0 Å². The first-order valence-electron chi connectivity index (χ1n) is 5.29. The van der Waals surface area contributed by atoms with Crippen LogP contribution in [0.1, 0.15) is 32.1 Å². The summed E-state index contributed by atoms with van der Waals surface area (Å²) in [4.78, 5) is 12.5. The van der Waals surface area contributed by atoms with Crippen LogP contribution in [-0.2, 0) is 4.79 Å². The van der Waals surface area contributed by atoms with E-state index < -0.39 is 12.6 Å². The SMILES string of the molecule is O=CC1CCCCN1CCCC(F)(F)F. The highest BCUT2D eigenvalue weighted by molar-refractivity contribution is 5.57. The molecule has 1 rings (SSSR count). The van der Waals surface area contributed by atoms with Crippen molar-refractivity contribution in [1.29, 1.82) is 0 Å². The van der Waals surface area contributed by atoms with Crippen LogP contribution in [-0.4, -0.2) is 36.5 Å². The third-order valence-corrected chi connectivity index (χ3v) is 2.73. The Bertz CT molecular complexity index is 205. The monoisotopic (exact) mass is 223 g/mol. The molecule has 0 aromatic rings. The lowest BCUT2D eigenvalue weighted by Crippen LogP contribution is -2.41. The fourth-order valence-electron chi connectivity index (χ4n) is 1.93. The summed E-state index contributed by atoms with van der Waals surface area (Å²) < 4.78 is 35.7. The van der Waals surface area contributed by atoms with Crippen LogP contribution in [0.25, 0.3) is 0 Å². The highest BCUT2D eigenvalue weighted by atomic mass is 19.4. The molecule has 0 aromatic carbocycles. The maximum absolute atomic E-state index is 11.9. The van der Waals surface area contributed by atoms with E-state index in [1.165, 1.54) is 0 Å². The Morgan fingerprint density at radius 2 is 2.07 bits per heavy atom. The summed E-state index contributed by atoms with van der Waals surface area (Å²) in [6.07, 6.45) is -1.12. The molecule has 88 valence electrons. The van der Waals surface area contributed by atoms with Crippen molar-refractivity contribution in [2.24, 2.45) is 0 Å². The van der Waals surface area contributed by atoms with E-state index in [1.807, 2.05) is 4.90 Å². The van der Waals surface area contributed by atoms with Gasteiger partial charge in [-0.25, -0.2) is 0 Å². The zero-order chi connectivity index (χ0) is 11.3. The normalized spacial score (nSPS) is 24.1. The van der Waals surface area contributed by atoms with Gasteiger partial charge in [0.05, 0.1) is 6.04 Å². The van der Waals surface area contributed by atoms with E-state index in [1.54, 1.807) is 0 Å². The van der Waals surface area contributed by atoms with Crippen LogP contribution in [0, 0.1) is 0 Å². The van der Waals surface area contributed by atoms with Crippen molar-refractivity contribution >= 4 is 6.29 Å². The fourth-order valence-corrected chi connectivity index (χ4v) is 1.93. The molecule has 0 amide bonds. The predicted octanol–water partition coefficient (Wildman–Crippen LogP) is 2.38. The topological polar surface area (TPSA) is 20.3 Å². The largest absolute Gasteiger partial charge is 0.389 e. The average Bonchev–Trinajstić information content (AvgIpc) is 2.16. The first-order chi connectivity index (χ1) is 7.03. The summed E-state index contributed by atoms with van der Waals surface area (Å²) >= 11 is 0. The lowest BCUT2D eigenvalue weighted by molar-refractivity contribution is -0.136. The van der Waals surface area contributed by atoms with E-state index in [0.717, 1.165) is 32.1 Å². The number of hydrogen-bond donors (Lipinski definition) is 0. The van der Waals surface area contributed by atoms with Crippen molar-refractivity contribution < 1.29 is 18.0 Å². The van der Waals surface area contributed by atoms with Gasteiger partial charge in [-0.05, 0) is 32.4 Å². The summed E-state index contributed by atoms with van der Waals surface area (Å²) in [6.45, 7) is 1.13. The van der Waals surface area contributed by atoms with Gasteiger partial charge in [-0.2, -0.15) is 13.2 Å². The Morgan fingerprint density at radius 3 is 2.67 bits per heavy atom. The molecule has 1 unspecified atom stereocenters. The second kappa shape index (κ2) is 5.49. The summed E-state index contributed by atoms with van der Waals surface area (Å²) in [7, 11) is 0. The Labute approximate surface area is 87.4 Å². The molecule has 1 aliphatic rings. The number of hydrogen-bond acceptors (Lipinski definition) is 2. The first-order valence-corrected chi connectivity index (χ1v) is 5.29. The maximum atomic E-state index is 11.9. The molecule has 5 heteroatoms. The van der Waals surface area contributed by atoms with Crippen molar-refractivity contribution in [3.63, 3.8) is 0 Å². The Morgan fingerprint density at radius 1 is 1.33 bits per heavy atom. The van der Waals surface area contributed by atoms with Gasteiger partial charge in [0.1, 0.15) is 6.29 Å². The van der Waals surface area contributed by atoms with E-state index in [-0.39, 0.29) is 12.5 Å². The molecule has 1 heterocycles. The van der Waals surface area contributed by atoms with Crippen molar-refractivity contribution in [3.05, 3.63) is 0 Å². The number of aldehydes is 1. The Hall–Kier alpha value is -0.580. The molecular formula is C10H16F3NO. The molecule has 0 aliphatic carbocycles. The van der Waals surface area contributed by atoms with Crippen LogP contribution in [0.2, 0.25) is 0 Å². The van der Waals surface area contributed by atoms with E-state index in [0.29, 0.717) is 6.54 Å². The van der Waals surface area contributed by atoms with Crippen molar-refractivity contribution in [2.45, 2.75) is 44.3 Å². The van der Waals surface area contributed by atoms with Crippen LogP contribution in [0.5, 0.6) is 0 Å². The molecule has 0 radical (unpaired) electrons. The summed E-state index contributed by atoms with van der Waals surface area (Å²) in [5.74, 6) is 0. The quantitative estimate of drug-likeness (QED) is 0.682. The second-order valence-corrected chi connectivity index (χ2v) is 3.95. The van der Waals surface area contributed by atoms with Crippen molar-refractivity contribution in [1.82, 2.24) is 4.90 Å². The highest BCUT2D eigenvalue weighted by Crippen LogP contribution is 2.23. The lowest BCUT2D eigenvalue weighted by Gasteiger charge is -2.32. The van der Waals surface area contributed by atoms with Gasteiger partial charge in [-0.1, -0.05) is 6.42 Å². The lowest BCUT2D eigenvalue weighted by atomic mass is 10.0. The second-order valence-electron chi connectivity index (χ2n) is 3.95. The molecule has 0 N–H and O–H groups in total. The number of carbonyl (C=O) groups is 1. The molecule has 0 spiro atoms. The van der Waals surface area contributed by atoms with Gasteiger partial charge >= 0.3 is 6.18 Å². The van der Waals surface area contributed by atoms with E-state index in [9.17, 15) is 18.0 Å². The zero-order valence-corrected chi connectivity index (χ0v) is 8.59. The molecule has 1 fully saturated rings. The summed E-state index contributed by atoms with van der Waals surface area (Å²) in [5, 5.41) is 0. The maximum Gasteiger partial charge on any atom is 0.389 e. The van der Waals surface area contributed by atoms with Crippen LogP contribution in [0.15, 0.2) is 0 Å². The van der Waals surface area contributed by atoms with Crippen LogP contribution < -0.4 is 0 Å². The minimum atomic E-state index is -4.08. The molecule has 1 aliphatic heterocycles. The van der Waals surface area contributed by atoms with E-state index in [2.05, 4.69) is 0 Å². The molecule has 0 saturated carbocycles. The van der Waals surface area contributed by atoms with Gasteiger partial charge in [0, 0.05) is 6.42 Å². The standard InChI is InChI=1S/C10H16F3NO/c11-10(12,13)5-3-7-14-6-2-1-4-9(14)8-15/h8-9H,1-7H2. The van der Waals surface area contributed by atoms with Gasteiger partial charge < -0.3 is 4.79 Å². The number of alkyl halides is 3. The molecular weight excluding hydrogens is 207 g/mol. The minimum Gasteiger partial charge on any atom is -0.302 e. The van der Waals surface area contributed by atoms with E-state index >= 15 is 0 Å². The van der Waals surface area contributed by atoms with E-state index in [4.69, 9.17) is 0 Å². The molecule has 1 atom stereocenters. The fraction of sp³-hybridized carbons (Fsp3) is 0.900. The average molecular weight is 223 g/mol. The smallest absolute Gasteiger partial charge is 0.302 e. The number of rotatable bonds is 4. The zero-order valence-electron chi connectivity index (χ0n) is 8.59. The van der Waals surface area contributed by atoms with Crippen LogP contribution in [0.4, 0.5) is 13.2 Å². The predicted molar refractivity (Wildman–Crippen MR) is 50.6 cm³/mol. The van der Waals surface area contributed by atoms with Gasteiger partial charge in [-0.15, -0.1) is 0 Å². The number of piperidine rings is 1. The molecule has 1 saturated heterocycles. The van der Waals surface area contributed by atoms with Gasteiger partial charge in [0.2, 0.25) is 0 Å². The highest BCUT2D eigenvalue weighted by Gasteiger charge is 2.28. The Kier molecular flexibility index (Phi) is 4.57. The Balaban J connectivity index is 2.26. The minimum absolute atomic E-state index is 0.0911. The molecule has 2 nitrogen and oxygen atoms in total. The van der Waals surface area contributed by atoms with Crippen molar-refractivity contribution in [3.8, 4) is 0 Å². The molecule has 0 aromatic heterocycles. The van der Waals surface area contributed by atoms with Gasteiger partial charge in [0.25, 0.3) is 0 Å². The number of nitrogens with zero attached hydrogens (tertiary/aromatic N) is 1.